The van der Waals surface area contributed by atoms with Gasteiger partial charge in [-0.15, -0.1) is 0 Å². The molecule has 0 aliphatic heterocycles. The van der Waals surface area contributed by atoms with Crippen LogP contribution in [0.25, 0.3) is 0 Å². The number of nitrogens with two attached hydrogens (primary N) is 1. The van der Waals surface area contributed by atoms with Gasteiger partial charge < -0.3 is 8.80 Å². The molecule has 13 heavy (non-hydrogen) atoms. The van der Waals surface area contributed by atoms with Gasteiger partial charge in [0, 0.05) is 0 Å². The van der Waals surface area contributed by atoms with Gasteiger partial charge in [0.1, 0.15) is 0 Å². The Morgan fingerprint density at radius 3 is 2.46 bits per heavy atom. The van der Waals surface area contributed by atoms with E-state index in [1.54, 1.807) is 13.8 Å². The molecular weight excluding hydrogens is 285 g/mol. The van der Waals surface area contributed by atoms with Crippen molar-refractivity contribution in [3.05, 3.63) is 17.1 Å². The standard InChI is InChI=1S/C7H8IN3O2/c1-3-4(2)11-6(9)5(10-3)7(12)13-8/h1-2H3,(H2,9,11). The topological polar surface area (TPSA) is 78.1 Å². The zero-order chi connectivity index (χ0) is 10.0. The van der Waals surface area contributed by atoms with Crippen molar-refractivity contribution in [1.29, 1.82) is 0 Å². The van der Waals surface area contributed by atoms with E-state index >= 15 is 0 Å². The summed E-state index contributed by atoms with van der Waals surface area (Å²) in [4.78, 5) is 19.0. The van der Waals surface area contributed by atoms with Crippen molar-refractivity contribution >= 4 is 34.8 Å². The lowest BCUT2D eigenvalue weighted by molar-refractivity contribution is 0.0795. The summed E-state index contributed by atoms with van der Waals surface area (Å²) in [5, 5.41) is 0. The average Bonchev–Trinajstić information content (AvgIpc) is 2.10. The van der Waals surface area contributed by atoms with E-state index in [2.05, 4.69) is 13.0 Å². The van der Waals surface area contributed by atoms with Gasteiger partial charge in [-0.3, -0.25) is 0 Å². The number of nitrogens with zero attached hydrogens (tertiary/aromatic N) is 2. The van der Waals surface area contributed by atoms with Gasteiger partial charge in [-0.05, 0) is 13.8 Å². The van der Waals surface area contributed by atoms with Crippen LogP contribution in [0.1, 0.15) is 21.9 Å². The van der Waals surface area contributed by atoms with Gasteiger partial charge >= 0.3 is 5.97 Å². The van der Waals surface area contributed by atoms with E-state index in [0.29, 0.717) is 11.4 Å². The molecule has 1 heterocycles. The van der Waals surface area contributed by atoms with Gasteiger partial charge in [-0.1, -0.05) is 0 Å². The molecule has 70 valence electrons. The van der Waals surface area contributed by atoms with E-state index in [1.165, 1.54) is 23.0 Å². The van der Waals surface area contributed by atoms with Gasteiger partial charge in [0.2, 0.25) is 0 Å². The second-order valence-electron chi connectivity index (χ2n) is 2.49. The van der Waals surface area contributed by atoms with Crippen molar-refractivity contribution in [2.75, 3.05) is 5.73 Å². The molecule has 5 nitrogen and oxygen atoms in total. The summed E-state index contributed by atoms with van der Waals surface area (Å²) >= 11 is 1.48. The Balaban J connectivity index is 3.23. The molecule has 1 aromatic rings. The number of hydrogen-bond acceptors (Lipinski definition) is 5. The quantitative estimate of drug-likeness (QED) is 0.787. The normalized spacial score (nSPS) is 9.77. The zero-order valence-electron chi connectivity index (χ0n) is 7.17. The SMILES string of the molecule is Cc1nc(N)c(C(=O)OI)nc1C. The molecule has 2 N–H and O–H groups in total. The van der Waals surface area contributed by atoms with Crippen LogP contribution in [0.4, 0.5) is 5.82 Å². The van der Waals surface area contributed by atoms with Crippen LogP contribution in [0.15, 0.2) is 0 Å². The fraction of sp³-hybridized carbons (Fsp3) is 0.286. The van der Waals surface area contributed by atoms with Gasteiger partial charge in [-0.2, -0.15) is 0 Å². The number of hydrogen-bond donors (Lipinski definition) is 1. The number of aromatic nitrogens is 2. The highest BCUT2D eigenvalue weighted by molar-refractivity contribution is 14.1. The summed E-state index contributed by atoms with van der Waals surface area (Å²) < 4.78 is 4.46. The number of anilines is 1. The maximum atomic E-state index is 11.1. The van der Waals surface area contributed by atoms with Gasteiger partial charge in [0.25, 0.3) is 0 Å². The zero-order valence-corrected chi connectivity index (χ0v) is 9.32. The Labute approximate surface area is 89.4 Å². The molecular formula is C7H8IN3O2. The first-order valence-corrected chi connectivity index (χ1v) is 4.38. The first-order chi connectivity index (χ1) is 6.06. The van der Waals surface area contributed by atoms with Crippen LogP contribution in [0.2, 0.25) is 0 Å². The van der Waals surface area contributed by atoms with E-state index in [-0.39, 0.29) is 11.5 Å². The number of carbonyl (C=O) groups excluding carboxylic acids is 1. The van der Waals surface area contributed by atoms with Crippen LogP contribution >= 0.6 is 23.0 Å². The summed E-state index contributed by atoms with van der Waals surface area (Å²) in [5.41, 5.74) is 6.94. The summed E-state index contributed by atoms with van der Waals surface area (Å²) in [6.45, 7) is 3.53. The van der Waals surface area contributed by atoms with Crippen LogP contribution in [-0.2, 0) is 3.07 Å². The van der Waals surface area contributed by atoms with Crippen molar-refractivity contribution in [2.45, 2.75) is 13.8 Å². The number of halogens is 1. The Hall–Kier alpha value is -0.920. The molecule has 0 amide bonds. The van der Waals surface area contributed by atoms with E-state index < -0.39 is 5.97 Å². The molecule has 0 unspecified atom stereocenters. The highest BCUT2D eigenvalue weighted by Gasteiger charge is 2.15. The summed E-state index contributed by atoms with van der Waals surface area (Å²) in [7, 11) is 0. The molecule has 0 spiro atoms. The fourth-order valence-electron chi connectivity index (χ4n) is 0.807. The maximum absolute atomic E-state index is 11.1. The van der Waals surface area contributed by atoms with E-state index in [0.717, 1.165) is 0 Å². The molecule has 0 aliphatic carbocycles. The monoisotopic (exact) mass is 293 g/mol. The summed E-state index contributed by atoms with van der Waals surface area (Å²) in [5.74, 6) is -0.474. The molecule has 0 saturated carbocycles. The predicted octanol–water partition coefficient (Wildman–Crippen LogP) is 1.18. The van der Waals surface area contributed by atoms with Crippen LogP contribution in [0.3, 0.4) is 0 Å². The number of aryl methyl sites for hydroxylation is 2. The lowest BCUT2D eigenvalue weighted by atomic mass is 10.3. The van der Waals surface area contributed by atoms with Gasteiger partial charge in [0.15, 0.2) is 34.5 Å². The summed E-state index contributed by atoms with van der Waals surface area (Å²) in [6, 6.07) is 0. The highest BCUT2D eigenvalue weighted by Crippen LogP contribution is 2.11. The minimum atomic E-state index is -0.575. The predicted molar refractivity (Wildman–Crippen MR) is 55.4 cm³/mol. The molecule has 0 aliphatic rings. The van der Waals surface area contributed by atoms with Crippen molar-refractivity contribution in [3.63, 3.8) is 0 Å². The minimum Gasteiger partial charge on any atom is -0.390 e. The third-order valence-corrected chi connectivity index (χ3v) is 2.00. The van der Waals surface area contributed by atoms with Crippen molar-refractivity contribution < 1.29 is 7.86 Å². The Morgan fingerprint density at radius 2 is 1.92 bits per heavy atom. The maximum Gasteiger partial charge on any atom is 0.370 e. The molecule has 0 radical (unpaired) electrons. The Morgan fingerprint density at radius 1 is 1.38 bits per heavy atom. The largest absolute Gasteiger partial charge is 0.390 e. The molecule has 1 aromatic heterocycles. The van der Waals surface area contributed by atoms with E-state index in [9.17, 15) is 4.79 Å². The van der Waals surface area contributed by atoms with Crippen LogP contribution in [-0.4, -0.2) is 15.9 Å². The van der Waals surface area contributed by atoms with E-state index in [4.69, 9.17) is 5.73 Å². The van der Waals surface area contributed by atoms with E-state index in [1.807, 2.05) is 0 Å². The molecule has 0 bridgehead atoms. The minimum absolute atomic E-state index is 0.0671. The first kappa shape index (κ1) is 10.2. The average molecular weight is 293 g/mol. The van der Waals surface area contributed by atoms with Crippen molar-refractivity contribution in [1.82, 2.24) is 9.97 Å². The third-order valence-electron chi connectivity index (χ3n) is 1.60. The lowest BCUT2D eigenvalue weighted by Crippen LogP contribution is -2.10. The second-order valence-corrected chi connectivity index (χ2v) is 2.93. The number of nitrogen functional groups attached to an aromatic ring is 1. The molecule has 0 fully saturated rings. The lowest BCUT2D eigenvalue weighted by Gasteiger charge is -2.03. The number of carbonyl (C=O) groups is 1. The van der Waals surface area contributed by atoms with Crippen LogP contribution in [0, 0.1) is 13.8 Å². The molecule has 6 heteroatoms. The van der Waals surface area contributed by atoms with Crippen LogP contribution in [0.5, 0.6) is 0 Å². The Kier molecular flexibility index (Phi) is 3.02. The molecule has 0 saturated heterocycles. The highest BCUT2D eigenvalue weighted by atomic mass is 127. The molecule has 0 aromatic carbocycles. The van der Waals surface area contributed by atoms with Gasteiger partial charge in [-0.25, -0.2) is 14.8 Å². The van der Waals surface area contributed by atoms with Crippen molar-refractivity contribution in [2.24, 2.45) is 0 Å². The molecule has 0 atom stereocenters. The smallest absolute Gasteiger partial charge is 0.370 e. The number of rotatable bonds is 1. The van der Waals surface area contributed by atoms with Gasteiger partial charge in [0.05, 0.1) is 11.4 Å². The first-order valence-electron chi connectivity index (χ1n) is 3.50. The Bertz CT molecular complexity index is 354. The molecule has 1 rings (SSSR count). The summed E-state index contributed by atoms with van der Waals surface area (Å²) in [6.07, 6.45) is 0. The van der Waals surface area contributed by atoms with Crippen LogP contribution < -0.4 is 5.73 Å². The third kappa shape index (κ3) is 2.06. The van der Waals surface area contributed by atoms with Crippen molar-refractivity contribution in [3.8, 4) is 0 Å². The fourth-order valence-corrected chi connectivity index (χ4v) is 1.02. The second kappa shape index (κ2) is 3.86.